The molecular weight excluding hydrogens is 524 g/mol. The lowest BCUT2D eigenvalue weighted by molar-refractivity contribution is -0.193. The zero-order valence-electron chi connectivity index (χ0n) is 21.2. The van der Waals surface area contributed by atoms with E-state index in [0.717, 1.165) is 13.0 Å². The highest BCUT2D eigenvalue weighted by Crippen LogP contribution is 2.47. The molecule has 14 heteroatoms. The van der Waals surface area contributed by atoms with Crippen molar-refractivity contribution >= 4 is 17.8 Å². The van der Waals surface area contributed by atoms with Gasteiger partial charge >= 0.3 is 24.3 Å². The van der Waals surface area contributed by atoms with Gasteiger partial charge in [-0.25, -0.2) is 9.59 Å². The number of nitrogens with zero attached hydrogens (tertiary/aromatic N) is 3. The molecule has 1 saturated carbocycles. The Bertz CT molecular complexity index is 867. The minimum atomic E-state index is -5.08. The first kappa shape index (κ1) is 33.1. The average molecular weight is 558 g/mol. The monoisotopic (exact) mass is 557 g/mol. The second-order valence-electron chi connectivity index (χ2n) is 9.68. The molecule has 0 radical (unpaired) electrons. The van der Waals surface area contributed by atoms with E-state index in [-0.39, 0.29) is 0 Å². The summed E-state index contributed by atoms with van der Waals surface area (Å²) in [6.45, 7) is 3.44. The van der Waals surface area contributed by atoms with Crippen LogP contribution in [0.5, 0.6) is 0 Å². The first-order chi connectivity index (χ1) is 17.4. The number of amides is 1. The van der Waals surface area contributed by atoms with Gasteiger partial charge in [-0.1, -0.05) is 6.07 Å². The zero-order chi connectivity index (χ0) is 29.1. The second-order valence-corrected chi connectivity index (χ2v) is 9.68. The quantitative estimate of drug-likeness (QED) is 0.521. The predicted octanol–water partition coefficient (Wildman–Crippen LogP) is 4.60. The molecule has 1 aromatic rings. The molecular formula is C24H33F6N3O5. The minimum Gasteiger partial charge on any atom is -0.475 e. The van der Waals surface area contributed by atoms with Gasteiger partial charge in [-0.05, 0) is 74.6 Å². The number of hydrogen-bond donors (Lipinski definition) is 2. The summed E-state index contributed by atoms with van der Waals surface area (Å²) in [4.78, 5) is 38.2. The topological polar surface area (TPSA) is 111 Å². The number of carboxylic acids is 2. The highest BCUT2D eigenvalue weighted by Gasteiger charge is 2.39. The van der Waals surface area contributed by atoms with Crippen molar-refractivity contribution in [1.29, 1.82) is 0 Å². The SMILES string of the molecule is CN(C)C(=O)CC1CCC2(CC1)CCN(Cc1cccnc1)CC2.O=C(O)C(F)(F)F.O=C(O)C(F)(F)F. The van der Waals surface area contributed by atoms with Gasteiger partial charge in [-0.2, -0.15) is 26.3 Å². The summed E-state index contributed by atoms with van der Waals surface area (Å²) in [6.07, 6.45) is 2.16. The van der Waals surface area contributed by atoms with Gasteiger partial charge in [-0.15, -0.1) is 0 Å². The number of carboxylic acid groups (broad SMARTS) is 2. The van der Waals surface area contributed by atoms with Crippen molar-refractivity contribution in [2.45, 2.75) is 63.8 Å². The van der Waals surface area contributed by atoms with Gasteiger partial charge in [0.05, 0.1) is 0 Å². The number of alkyl halides is 6. The number of aliphatic carboxylic acids is 2. The molecule has 0 unspecified atom stereocenters. The van der Waals surface area contributed by atoms with Gasteiger partial charge in [0, 0.05) is 39.5 Å². The summed E-state index contributed by atoms with van der Waals surface area (Å²) in [6, 6.07) is 4.20. The number of carbonyl (C=O) groups excluding carboxylic acids is 1. The third-order valence-corrected chi connectivity index (χ3v) is 6.66. The Balaban J connectivity index is 0.000000426. The van der Waals surface area contributed by atoms with Crippen molar-refractivity contribution in [1.82, 2.24) is 14.8 Å². The van der Waals surface area contributed by atoms with E-state index in [9.17, 15) is 31.1 Å². The van der Waals surface area contributed by atoms with Crippen LogP contribution in [-0.4, -0.2) is 82.4 Å². The lowest BCUT2D eigenvalue weighted by atomic mass is 9.65. The van der Waals surface area contributed by atoms with Gasteiger partial charge in [0.2, 0.25) is 5.91 Å². The number of likely N-dealkylation sites (tertiary alicyclic amines) is 1. The lowest BCUT2D eigenvalue weighted by Crippen LogP contribution is -2.42. The number of halogens is 6. The van der Waals surface area contributed by atoms with E-state index in [1.165, 1.54) is 57.2 Å². The Morgan fingerprint density at radius 2 is 1.45 bits per heavy atom. The summed E-state index contributed by atoms with van der Waals surface area (Å²) in [7, 11) is 3.73. The van der Waals surface area contributed by atoms with Crippen molar-refractivity contribution in [3.63, 3.8) is 0 Å². The Labute approximate surface area is 216 Å². The average Bonchev–Trinajstić information content (AvgIpc) is 2.82. The summed E-state index contributed by atoms with van der Waals surface area (Å²) in [5, 5.41) is 14.2. The van der Waals surface area contributed by atoms with Crippen LogP contribution in [0.25, 0.3) is 0 Å². The molecule has 1 aromatic heterocycles. The molecule has 216 valence electrons. The van der Waals surface area contributed by atoms with Gasteiger partial charge in [0.1, 0.15) is 0 Å². The number of rotatable bonds is 4. The van der Waals surface area contributed by atoms with E-state index < -0.39 is 24.3 Å². The highest BCUT2D eigenvalue weighted by atomic mass is 19.4. The van der Waals surface area contributed by atoms with Crippen LogP contribution in [0.3, 0.4) is 0 Å². The van der Waals surface area contributed by atoms with E-state index in [4.69, 9.17) is 19.8 Å². The Morgan fingerprint density at radius 1 is 0.974 bits per heavy atom. The molecule has 8 nitrogen and oxygen atoms in total. The molecule has 1 spiro atoms. The number of hydrogen-bond acceptors (Lipinski definition) is 5. The maximum absolute atomic E-state index is 11.9. The third kappa shape index (κ3) is 12.1. The van der Waals surface area contributed by atoms with E-state index in [2.05, 4.69) is 16.0 Å². The summed E-state index contributed by atoms with van der Waals surface area (Å²) >= 11 is 0. The molecule has 2 N–H and O–H groups in total. The van der Waals surface area contributed by atoms with Gasteiger partial charge in [-0.3, -0.25) is 14.7 Å². The molecule has 1 aliphatic carbocycles. The highest BCUT2D eigenvalue weighted by molar-refractivity contribution is 5.75. The summed E-state index contributed by atoms with van der Waals surface area (Å²) in [5.74, 6) is -4.61. The van der Waals surface area contributed by atoms with Crippen molar-refractivity contribution in [3.05, 3.63) is 30.1 Å². The van der Waals surface area contributed by atoms with Crippen LogP contribution in [-0.2, 0) is 20.9 Å². The third-order valence-electron chi connectivity index (χ3n) is 6.66. The number of piperidine rings is 1. The van der Waals surface area contributed by atoms with Crippen LogP contribution in [0, 0.1) is 11.3 Å². The molecule has 2 aliphatic rings. The Morgan fingerprint density at radius 3 is 1.82 bits per heavy atom. The van der Waals surface area contributed by atoms with Crippen LogP contribution < -0.4 is 0 Å². The van der Waals surface area contributed by atoms with Crippen LogP contribution in [0.15, 0.2) is 24.5 Å². The standard InChI is InChI=1S/C20H31N3O.2C2HF3O2/c1-22(2)19(24)14-17-5-7-20(8-6-17)9-12-23(13-10-20)16-18-4-3-11-21-15-18;2*3-2(4,5)1(6)7/h3-4,11,15,17H,5-10,12-14,16H2,1-2H3;2*(H,6,7). The largest absolute Gasteiger partial charge is 0.490 e. The molecule has 38 heavy (non-hydrogen) atoms. The zero-order valence-corrected chi connectivity index (χ0v) is 21.2. The van der Waals surface area contributed by atoms with Gasteiger partial charge < -0.3 is 15.1 Å². The van der Waals surface area contributed by atoms with E-state index in [1.807, 2.05) is 32.6 Å². The van der Waals surface area contributed by atoms with Crippen LogP contribution in [0.2, 0.25) is 0 Å². The summed E-state index contributed by atoms with van der Waals surface area (Å²) in [5.41, 5.74) is 1.88. The van der Waals surface area contributed by atoms with Gasteiger partial charge in [0.25, 0.3) is 0 Å². The fourth-order valence-electron chi connectivity index (χ4n) is 4.36. The molecule has 2 fully saturated rings. The van der Waals surface area contributed by atoms with E-state index in [0.29, 0.717) is 17.2 Å². The summed E-state index contributed by atoms with van der Waals surface area (Å²) < 4.78 is 63.5. The fourth-order valence-corrected chi connectivity index (χ4v) is 4.36. The first-order valence-corrected chi connectivity index (χ1v) is 11.9. The number of pyridine rings is 1. The molecule has 1 amide bonds. The number of carbonyl (C=O) groups is 3. The van der Waals surface area contributed by atoms with Gasteiger partial charge in [0.15, 0.2) is 0 Å². The maximum atomic E-state index is 11.9. The van der Waals surface area contributed by atoms with Crippen LogP contribution in [0.1, 0.15) is 50.5 Å². The molecule has 3 rings (SSSR count). The fraction of sp³-hybridized carbons (Fsp3) is 0.667. The maximum Gasteiger partial charge on any atom is 0.490 e. The Hall–Kier alpha value is -2.90. The smallest absolute Gasteiger partial charge is 0.475 e. The van der Waals surface area contributed by atoms with Crippen LogP contribution >= 0.6 is 0 Å². The van der Waals surface area contributed by atoms with Crippen molar-refractivity contribution in [3.8, 4) is 0 Å². The van der Waals surface area contributed by atoms with Crippen molar-refractivity contribution in [2.24, 2.45) is 11.3 Å². The normalized spacial score (nSPS) is 17.9. The molecule has 1 saturated heterocycles. The van der Waals surface area contributed by atoms with E-state index >= 15 is 0 Å². The molecule has 2 heterocycles. The first-order valence-electron chi connectivity index (χ1n) is 11.9. The van der Waals surface area contributed by atoms with E-state index in [1.54, 1.807) is 4.90 Å². The van der Waals surface area contributed by atoms with Crippen molar-refractivity contribution in [2.75, 3.05) is 27.2 Å². The minimum absolute atomic E-state index is 0.294. The van der Waals surface area contributed by atoms with Crippen molar-refractivity contribution < 1.29 is 50.9 Å². The molecule has 0 bridgehead atoms. The molecule has 0 aromatic carbocycles. The molecule has 0 atom stereocenters. The van der Waals surface area contributed by atoms with Crippen LogP contribution in [0.4, 0.5) is 26.3 Å². The lowest BCUT2D eigenvalue weighted by Gasteiger charge is -2.46. The predicted molar refractivity (Wildman–Crippen MR) is 124 cm³/mol. The second kappa shape index (κ2) is 14.3. The number of aromatic nitrogens is 1. The molecule has 1 aliphatic heterocycles. The Kier molecular flexibility index (Phi) is 12.5.